The maximum Gasteiger partial charge on any atom is 0.220 e. The molecular weight excluding hydrogens is 242 g/mol. The average molecular weight is 265 g/mol. The van der Waals surface area contributed by atoms with E-state index in [2.05, 4.69) is 5.32 Å². The summed E-state index contributed by atoms with van der Waals surface area (Å²) >= 11 is 0. The number of nitrogens with one attached hydrogen (secondary N) is 1. The van der Waals surface area contributed by atoms with Crippen LogP contribution < -0.4 is 5.32 Å². The lowest BCUT2D eigenvalue weighted by Gasteiger charge is -2.26. The molecule has 1 heterocycles. The van der Waals surface area contributed by atoms with Crippen LogP contribution in [0.1, 0.15) is 50.0 Å². The van der Waals surface area contributed by atoms with Gasteiger partial charge in [0, 0.05) is 18.9 Å². The van der Waals surface area contributed by atoms with E-state index in [1.54, 1.807) is 0 Å². The van der Waals surface area contributed by atoms with Crippen molar-refractivity contribution in [3.8, 4) is 0 Å². The number of carbonyl (C=O) groups is 1. The van der Waals surface area contributed by atoms with E-state index in [4.69, 9.17) is 4.42 Å². The van der Waals surface area contributed by atoms with Crippen LogP contribution in [0.5, 0.6) is 0 Å². The molecule has 0 bridgehead atoms. The second-order valence-electron chi connectivity index (χ2n) is 5.44. The number of furan rings is 1. The van der Waals surface area contributed by atoms with Crippen molar-refractivity contribution in [1.29, 1.82) is 0 Å². The lowest BCUT2D eigenvalue weighted by atomic mass is 9.93. The van der Waals surface area contributed by atoms with Gasteiger partial charge in [-0.3, -0.25) is 4.79 Å². The van der Waals surface area contributed by atoms with Crippen LogP contribution in [0.3, 0.4) is 0 Å². The Morgan fingerprint density at radius 2 is 2.11 bits per heavy atom. The normalized spacial score (nSPS) is 23.3. The SMILES string of the molecule is Cc1ccc(CCCC(=O)NC2CCC(O)CC2)o1. The van der Waals surface area contributed by atoms with E-state index in [0.29, 0.717) is 6.42 Å². The first-order valence-corrected chi connectivity index (χ1v) is 7.16. The van der Waals surface area contributed by atoms with Crippen molar-refractivity contribution < 1.29 is 14.3 Å². The summed E-state index contributed by atoms with van der Waals surface area (Å²) in [6.45, 7) is 1.92. The minimum atomic E-state index is -0.171. The molecule has 2 rings (SSSR count). The van der Waals surface area contributed by atoms with E-state index in [1.807, 2.05) is 19.1 Å². The molecular formula is C15H23NO3. The Morgan fingerprint density at radius 3 is 2.74 bits per heavy atom. The molecule has 0 aromatic carbocycles. The molecule has 1 aliphatic carbocycles. The minimum Gasteiger partial charge on any atom is -0.466 e. The summed E-state index contributed by atoms with van der Waals surface area (Å²) < 4.78 is 5.47. The van der Waals surface area contributed by atoms with Gasteiger partial charge in [-0.2, -0.15) is 0 Å². The first-order chi connectivity index (χ1) is 9.13. The van der Waals surface area contributed by atoms with Gasteiger partial charge in [-0.25, -0.2) is 0 Å². The molecule has 106 valence electrons. The van der Waals surface area contributed by atoms with E-state index in [1.165, 1.54) is 0 Å². The fourth-order valence-electron chi connectivity index (χ4n) is 2.56. The topological polar surface area (TPSA) is 62.5 Å². The van der Waals surface area contributed by atoms with Gasteiger partial charge in [0.2, 0.25) is 5.91 Å². The average Bonchev–Trinajstić information content (AvgIpc) is 2.78. The van der Waals surface area contributed by atoms with Crippen LogP contribution in [0, 0.1) is 6.92 Å². The summed E-state index contributed by atoms with van der Waals surface area (Å²) in [5.74, 6) is 1.98. The van der Waals surface area contributed by atoms with Gasteiger partial charge < -0.3 is 14.8 Å². The molecule has 19 heavy (non-hydrogen) atoms. The molecule has 1 aromatic rings. The number of amides is 1. The molecule has 1 saturated carbocycles. The minimum absolute atomic E-state index is 0.115. The van der Waals surface area contributed by atoms with Gasteiger partial charge in [-0.05, 0) is 51.2 Å². The first-order valence-electron chi connectivity index (χ1n) is 7.16. The van der Waals surface area contributed by atoms with E-state index in [9.17, 15) is 9.90 Å². The smallest absolute Gasteiger partial charge is 0.220 e. The molecule has 1 aliphatic rings. The molecule has 4 nitrogen and oxygen atoms in total. The van der Waals surface area contributed by atoms with Gasteiger partial charge in [0.25, 0.3) is 0 Å². The first kappa shape index (κ1) is 14.1. The van der Waals surface area contributed by atoms with Crippen molar-refractivity contribution >= 4 is 5.91 Å². The number of aliphatic hydroxyl groups is 1. The summed E-state index contributed by atoms with van der Waals surface area (Å²) in [4.78, 5) is 11.8. The van der Waals surface area contributed by atoms with Crippen molar-refractivity contribution in [2.45, 2.75) is 64.0 Å². The van der Waals surface area contributed by atoms with E-state index >= 15 is 0 Å². The maximum absolute atomic E-state index is 11.8. The second kappa shape index (κ2) is 6.75. The summed E-state index contributed by atoms with van der Waals surface area (Å²) in [7, 11) is 0. The molecule has 1 aromatic heterocycles. The molecule has 0 spiro atoms. The molecule has 0 saturated heterocycles. The van der Waals surface area contributed by atoms with Gasteiger partial charge in [0.05, 0.1) is 6.10 Å². The van der Waals surface area contributed by atoms with Crippen LogP contribution in [0.2, 0.25) is 0 Å². The second-order valence-corrected chi connectivity index (χ2v) is 5.44. The van der Waals surface area contributed by atoms with Crippen LogP contribution in [0.4, 0.5) is 0 Å². The summed E-state index contributed by atoms with van der Waals surface area (Å²) in [6.07, 6.45) is 5.38. The largest absolute Gasteiger partial charge is 0.466 e. The summed E-state index contributed by atoms with van der Waals surface area (Å²) in [6, 6.07) is 4.17. The number of rotatable bonds is 5. The van der Waals surface area contributed by atoms with Gasteiger partial charge >= 0.3 is 0 Å². The highest BCUT2D eigenvalue weighted by Crippen LogP contribution is 2.18. The zero-order valence-electron chi connectivity index (χ0n) is 11.5. The number of hydrogen-bond acceptors (Lipinski definition) is 3. The molecule has 4 heteroatoms. The highest BCUT2D eigenvalue weighted by molar-refractivity contribution is 5.76. The number of aliphatic hydroxyl groups excluding tert-OH is 1. The number of carbonyl (C=O) groups excluding carboxylic acids is 1. The molecule has 0 atom stereocenters. The third kappa shape index (κ3) is 4.71. The Kier molecular flexibility index (Phi) is 5.02. The Labute approximate surface area is 114 Å². The summed E-state index contributed by atoms with van der Waals surface area (Å²) in [5.41, 5.74) is 0. The van der Waals surface area contributed by atoms with Gasteiger partial charge in [0.1, 0.15) is 11.5 Å². The van der Waals surface area contributed by atoms with Gasteiger partial charge in [0.15, 0.2) is 0 Å². The summed E-state index contributed by atoms with van der Waals surface area (Å²) in [5, 5.41) is 12.5. The van der Waals surface area contributed by atoms with Crippen molar-refractivity contribution in [2.24, 2.45) is 0 Å². The quantitative estimate of drug-likeness (QED) is 0.859. The fraction of sp³-hybridized carbons (Fsp3) is 0.667. The van der Waals surface area contributed by atoms with Crippen LogP contribution in [-0.4, -0.2) is 23.2 Å². The maximum atomic E-state index is 11.8. The monoisotopic (exact) mass is 265 g/mol. The van der Waals surface area contributed by atoms with E-state index in [0.717, 1.165) is 50.0 Å². The van der Waals surface area contributed by atoms with Crippen LogP contribution >= 0.6 is 0 Å². The fourth-order valence-corrected chi connectivity index (χ4v) is 2.56. The van der Waals surface area contributed by atoms with Crippen molar-refractivity contribution in [3.63, 3.8) is 0 Å². The van der Waals surface area contributed by atoms with Crippen LogP contribution in [-0.2, 0) is 11.2 Å². The van der Waals surface area contributed by atoms with Gasteiger partial charge in [-0.15, -0.1) is 0 Å². The van der Waals surface area contributed by atoms with Crippen molar-refractivity contribution in [1.82, 2.24) is 5.32 Å². The predicted molar refractivity (Wildman–Crippen MR) is 72.8 cm³/mol. The third-order valence-corrected chi connectivity index (χ3v) is 3.68. The standard InChI is InChI=1S/C15H23NO3/c1-11-5-10-14(19-11)3-2-4-15(18)16-12-6-8-13(17)9-7-12/h5,10,12-13,17H,2-4,6-9H2,1H3,(H,16,18). The lowest BCUT2D eigenvalue weighted by molar-refractivity contribution is -0.122. The van der Waals surface area contributed by atoms with Crippen LogP contribution in [0.25, 0.3) is 0 Å². The van der Waals surface area contributed by atoms with Crippen molar-refractivity contribution in [3.05, 3.63) is 23.7 Å². The van der Waals surface area contributed by atoms with Crippen LogP contribution in [0.15, 0.2) is 16.5 Å². The zero-order valence-corrected chi connectivity index (χ0v) is 11.5. The Morgan fingerprint density at radius 1 is 1.37 bits per heavy atom. The Bertz CT molecular complexity index is 405. The molecule has 1 amide bonds. The highest BCUT2D eigenvalue weighted by atomic mass is 16.3. The lowest BCUT2D eigenvalue weighted by Crippen LogP contribution is -2.38. The predicted octanol–water partition coefficient (Wildman–Crippen LogP) is 2.33. The van der Waals surface area contributed by atoms with Crippen molar-refractivity contribution in [2.75, 3.05) is 0 Å². The van der Waals surface area contributed by atoms with E-state index < -0.39 is 0 Å². The van der Waals surface area contributed by atoms with Gasteiger partial charge in [-0.1, -0.05) is 0 Å². The Balaban J connectivity index is 1.62. The van der Waals surface area contributed by atoms with E-state index in [-0.39, 0.29) is 18.1 Å². The number of hydrogen-bond donors (Lipinski definition) is 2. The molecule has 0 aliphatic heterocycles. The zero-order chi connectivity index (χ0) is 13.7. The molecule has 1 fully saturated rings. The third-order valence-electron chi connectivity index (χ3n) is 3.68. The Hall–Kier alpha value is -1.29. The number of aryl methyl sites for hydroxylation is 2. The molecule has 0 unspecified atom stereocenters. The highest BCUT2D eigenvalue weighted by Gasteiger charge is 2.20. The molecule has 0 radical (unpaired) electrons. The molecule has 2 N–H and O–H groups in total.